The molecule has 1 amide bonds. The lowest BCUT2D eigenvalue weighted by Gasteiger charge is -2.14. The van der Waals surface area contributed by atoms with Crippen LogP contribution in [0.4, 0.5) is 11.5 Å². The van der Waals surface area contributed by atoms with Crippen molar-refractivity contribution in [3.05, 3.63) is 47.4 Å². The third-order valence-corrected chi connectivity index (χ3v) is 4.41. The summed E-state index contributed by atoms with van der Waals surface area (Å²) in [6, 6.07) is 7.69. The lowest BCUT2D eigenvalue weighted by molar-refractivity contribution is 0.102. The van der Waals surface area contributed by atoms with Crippen molar-refractivity contribution in [2.45, 2.75) is 39.2 Å². The van der Waals surface area contributed by atoms with Gasteiger partial charge in [0.15, 0.2) is 0 Å². The van der Waals surface area contributed by atoms with Gasteiger partial charge in [-0.05, 0) is 37.3 Å². The quantitative estimate of drug-likeness (QED) is 0.844. The Labute approximate surface area is 148 Å². The van der Waals surface area contributed by atoms with Gasteiger partial charge in [-0.2, -0.15) is 0 Å². The Morgan fingerprint density at radius 1 is 1.36 bits per heavy atom. The van der Waals surface area contributed by atoms with Crippen molar-refractivity contribution in [2.24, 2.45) is 0 Å². The van der Waals surface area contributed by atoms with Gasteiger partial charge in [-0.25, -0.2) is 9.97 Å². The van der Waals surface area contributed by atoms with Crippen LogP contribution >= 0.6 is 0 Å². The number of hydrogen-bond donors (Lipinski definition) is 2. The van der Waals surface area contributed by atoms with E-state index in [0.717, 1.165) is 42.7 Å². The van der Waals surface area contributed by atoms with Crippen molar-refractivity contribution in [3.8, 4) is 0 Å². The van der Waals surface area contributed by atoms with E-state index in [-0.39, 0.29) is 12.0 Å². The van der Waals surface area contributed by atoms with E-state index in [4.69, 9.17) is 4.74 Å². The molecule has 1 unspecified atom stereocenters. The number of aromatic nitrogens is 2. The molecule has 6 heteroatoms. The van der Waals surface area contributed by atoms with Gasteiger partial charge in [0.1, 0.15) is 17.8 Å². The molecule has 1 fully saturated rings. The highest BCUT2D eigenvalue weighted by molar-refractivity contribution is 6.04. The van der Waals surface area contributed by atoms with Crippen molar-refractivity contribution >= 4 is 17.4 Å². The minimum absolute atomic E-state index is 0.214. The second-order valence-corrected chi connectivity index (χ2v) is 6.22. The van der Waals surface area contributed by atoms with Crippen LogP contribution in [0.2, 0.25) is 0 Å². The van der Waals surface area contributed by atoms with Gasteiger partial charge in [0, 0.05) is 24.9 Å². The first-order valence-corrected chi connectivity index (χ1v) is 8.74. The van der Waals surface area contributed by atoms with E-state index in [2.05, 4.69) is 27.5 Å². The van der Waals surface area contributed by atoms with Crippen LogP contribution in [0, 0.1) is 6.92 Å². The molecular formula is C19H24N4O2. The molecule has 1 saturated heterocycles. The van der Waals surface area contributed by atoms with Gasteiger partial charge in [-0.3, -0.25) is 4.79 Å². The zero-order chi connectivity index (χ0) is 17.6. The molecule has 1 aromatic carbocycles. The molecule has 1 atom stereocenters. The van der Waals surface area contributed by atoms with E-state index >= 15 is 0 Å². The highest BCUT2D eigenvalue weighted by Gasteiger charge is 2.16. The molecule has 25 heavy (non-hydrogen) atoms. The van der Waals surface area contributed by atoms with Crippen LogP contribution in [0.15, 0.2) is 30.6 Å². The number of nitrogens with zero attached hydrogens (tertiary/aromatic N) is 2. The van der Waals surface area contributed by atoms with Crippen molar-refractivity contribution in [2.75, 3.05) is 23.8 Å². The first kappa shape index (κ1) is 17.4. The standard InChI is InChI=1S/C19H24N4O2/c1-3-14-7-4-6-13(2)18(14)23-19(24)16-10-17(22-12-21-16)20-11-15-8-5-9-25-15/h4,6-7,10,12,15H,3,5,8-9,11H2,1-2H3,(H,23,24)(H,20,21,22). The maximum Gasteiger partial charge on any atom is 0.274 e. The maximum atomic E-state index is 12.6. The van der Waals surface area contributed by atoms with Crippen LogP contribution in [0.3, 0.4) is 0 Å². The van der Waals surface area contributed by atoms with Gasteiger partial charge in [-0.15, -0.1) is 0 Å². The van der Waals surface area contributed by atoms with Crippen molar-refractivity contribution < 1.29 is 9.53 Å². The molecule has 1 aliphatic heterocycles. The first-order valence-electron chi connectivity index (χ1n) is 8.74. The number of carbonyl (C=O) groups excluding carboxylic acids is 1. The summed E-state index contributed by atoms with van der Waals surface area (Å²) >= 11 is 0. The normalized spacial score (nSPS) is 16.6. The summed E-state index contributed by atoms with van der Waals surface area (Å²) in [6.07, 6.45) is 4.63. The van der Waals surface area contributed by atoms with E-state index in [1.807, 2.05) is 25.1 Å². The maximum absolute atomic E-state index is 12.6. The number of nitrogens with one attached hydrogen (secondary N) is 2. The molecule has 2 heterocycles. The summed E-state index contributed by atoms with van der Waals surface area (Å²) in [7, 11) is 0. The van der Waals surface area contributed by atoms with Gasteiger partial charge in [-0.1, -0.05) is 25.1 Å². The Morgan fingerprint density at radius 2 is 2.24 bits per heavy atom. The summed E-state index contributed by atoms with van der Waals surface area (Å²) in [4.78, 5) is 20.9. The van der Waals surface area contributed by atoms with Gasteiger partial charge in [0.05, 0.1) is 6.10 Å². The van der Waals surface area contributed by atoms with Crippen LogP contribution < -0.4 is 10.6 Å². The molecule has 1 aromatic heterocycles. The van der Waals surface area contributed by atoms with Gasteiger partial charge in [0.2, 0.25) is 0 Å². The van der Waals surface area contributed by atoms with E-state index in [0.29, 0.717) is 18.1 Å². The lowest BCUT2D eigenvalue weighted by atomic mass is 10.1. The predicted molar refractivity (Wildman–Crippen MR) is 98.0 cm³/mol. The summed E-state index contributed by atoms with van der Waals surface area (Å²) in [5, 5.41) is 6.21. The number of aryl methyl sites for hydroxylation is 2. The molecule has 0 bridgehead atoms. The molecule has 0 aliphatic carbocycles. The number of carbonyl (C=O) groups is 1. The number of rotatable bonds is 6. The fourth-order valence-electron chi connectivity index (χ4n) is 2.98. The van der Waals surface area contributed by atoms with Gasteiger partial charge < -0.3 is 15.4 Å². The summed E-state index contributed by atoms with van der Waals surface area (Å²) in [6.45, 7) is 5.57. The number of ether oxygens (including phenoxy) is 1. The van der Waals surface area contributed by atoms with Crippen molar-refractivity contribution in [1.29, 1.82) is 0 Å². The minimum Gasteiger partial charge on any atom is -0.376 e. The number of para-hydroxylation sites is 1. The van der Waals surface area contributed by atoms with E-state index in [1.54, 1.807) is 6.07 Å². The lowest BCUT2D eigenvalue weighted by Crippen LogP contribution is -2.20. The predicted octanol–water partition coefficient (Wildman–Crippen LogP) is 3.19. The fraction of sp³-hybridized carbons (Fsp3) is 0.421. The monoisotopic (exact) mass is 340 g/mol. The van der Waals surface area contributed by atoms with E-state index in [9.17, 15) is 4.79 Å². The molecule has 0 spiro atoms. The number of benzene rings is 1. The highest BCUT2D eigenvalue weighted by Crippen LogP contribution is 2.22. The average molecular weight is 340 g/mol. The van der Waals surface area contributed by atoms with Gasteiger partial charge in [0.25, 0.3) is 5.91 Å². The third-order valence-electron chi connectivity index (χ3n) is 4.41. The minimum atomic E-state index is -0.230. The van der Waals surface area contributed by atoms with Crippen LogP contribution in [0.5, 0.6) is 0 Å². The molecule has 1 aliphatic rings. The highest BCUT2D eigenvalue weighted by atomic mass is 16.5. The second kappa shape index (κ2) is 8.07. The summed E-state index contributed by atoms with van der Waals surface area (Å²) in [5.41, 5.74) is 3.36. The topological polar surface area (TPSA) is 76.1 Å². The fourth-order valence-corrected chi connectivity index (χ4v) is 2.98. The molecule has 2 aromatic rings. The number of anilines is 2. The number of hydrogen-bond acceptors (Lipinski definition) is 5. The molecular weight excluding hydrogens is 316 g/mol. The number of amides is 1. The smallest absolute Gasteiger partial charge is 0.274 e. The second-order valence-electron chi connectivity index (χ2n) is 6.22. The third kappa shape index (κ3) is 4.33. The average Bonchev–Trinajstić information content (AvgIpc) is 3.15. The van der Waals surface area contributed by atoms with Crippen LogP contribution in [0.25, 0.3) is 0 Å². The molecule has 3 rings (SSSR count). The molecule has 6 nitrogen and oxygen atoms in total. The Hall–Kier alpha value is -2.47. The van der Waals surface area contributed by atoms with Crippen LogP contribution in [-0.2, 0) is 11.2 Å². The van der Waals surface area contributed by atoms with E-state index in [1.165, 1.54) is 6.33 Å². The van der Waals surface area contributed by atoms with Crippen LogP contribution in [-0.4, -0.2) is 35.1 Å². The summed E-state index contributed by atoms with van der Waals surface area (Å²) in [5.74, 6) is 0.405. The summed E-state index contributed by atoms with van der Waals surface area (Å²) < 4.78 is 5.58. The Morgan fingerprint density at radius 3 is 3.00 bits per heavy atom. The van der Waals surface area contributed by atoms with Crippen LogP contribution in [0.1, 0.15) is 41.4 Å². The Kier molecular flexibility index (Phi) is 5.60. The molecule has 132 valence electrons. The van der Waals surface area contributed by atoms with Gasteiger partial charge >= 0.3 is 0 Å². The molecule has 0 saturated carbocycles. The zero-order valence-electron chi connectivity index (χ0n) is 14.7. The molecule has 2 N–H and O–H groups in total. The largest absolute Gasteiger partial charge is 0.376 e. The SMILES string of the molecule is CCc1cccc(C)c1NC(=O)c1cc(NCC2CCCO2)ncn1. The molecule has 0 radical (unpaired) electrons. The van der Waals surface area contributed by atoms with E-state index < -0.39 is 0 Å². The first-order chi connectivity index (χ1) is 12.2. The Bertz CT molecular complexity index is 742. The zero-order valence-corrected chi connectivity index (χ0v) is 14.7. The van der Waals surface area contributed by atoms with Crippen molar-refractivity contribution in [3.63, 3.8) is 0 Å². The van der Waals surface area contributed by atoms with Crippen molar-refractivity contribution in [1.82, 2.24) is 9.97 Å². The Balaban J connectivity index is 1.69.